The van der Waals surface area contributed by atoms with Gasteiger partial charge in [-0.15, -0.1) is 0 Å². The van der Waals surface area contributed by atoms with E-state index in [4.69, 9.17) is 9.84 Å². The Morgan fingerprint density at radius 3 is 2.76 bits per heavy atom. The molecule has 2 atom stereocenters. The minimum atomic E-state index is -0.856. The Kier molecular flexibility index (Phi) is 3.64. The Bertz CT molecular complexity index is 380. The highest BCUT2D eigenvalue weighted by Gasteiger charge is 2.37. The maximum atomic E-state index is 11.1. The van der Waals surface area contributed by atoms with E-state index in [1.54, 1.807) is 7.11 Å². The average Bonchev–Trinajstić information content (AvgIpc) is 2.73. The molecule has 1 N–H and O–H groups in total. The van der Waals surface area contributed by atoms with Crippen LogP contribution in [0, 0.1) is 0 Å². The van der Waals surface area contributed by atoms with Gasteiger partial charge in [0, 0.05) is 13.7 Å². The summed E-state index contributed by atoms with van der Waals surface area (Å²) in [5, 5.41) is 9.15. The SMILES string of the molecule is CO[C@@H]1CCN(C(=O)O)[C@H]1Cc1ccccc1. The lowest BCUT2D eigenvalue weighted by Crippen LogP contribution is -2.40. The van der Waals surface area contributed by atoms with Crippen molar-refractivity contribution in [3.63, 3.8) is 0 Å². The number of carbonyl (C=O) groups is 1. The molecule has 1 aromatic carbocycles. The third-order valence-electron chi connectivity index (χ3n) is 3.32. The zero-order valence-corrected chi connectivity index (χ0v) is 9.87. The summed E-state index contributed by atoms with van der Waals surface area (Å²) in [6, 6.07) is 9.87. The van der Waals surface area contributed by atoms with Gasteiger partial charge in [0.2, 0.25) is 0 Å². The van der Waals surface area contributed by atoms with Crippen LogP contribution in [0.25, 0.3) is 0 Å². The van der Waals surface area contributed by atoms with Gasteiger partial charge in [-0.05, 0) is 18.4 Å². The number of hydrogen-bond donors (Lipinski definition) is 1. The standard InChI is InChI=1S/C13H17NO3/c1-17-12-7-8-14(13(15)16)11(12)9-10-5-3-2-4-6-10/h2-6,11-12H,7-9H2,1H3,(H,15,16)/t11-,12+/m0/s1. The van der Waals surface area contributed by atoms with E-state index in [2.05, 4.69) is 0 Å². The van der Waals surface area contributed by atoms with E-state index in [0.29, 0.717) is 13.0 Å². The molecule has 1 heterocycles. The number of rotatable bonds is 3. The van der Waals surface area contributed by atoms with Crippen molar-refractivity contribution < 1.29 is 14.6 Å². The van der Waals surface area contributed by atoms with Crippen LogP contribution >= 0.6 is 0 Å². The fraction of sp³-hybridized carbons (Fsp3) is 0.462. The average molecular weight is 235 g/mol. The molecule has 0 saturated carbocycles. The predicted octanol–water partition coefficient (Wildman–Crippen LogP) is 2.00. The maximum absolute atomic E-state index is 11.1. The van der Waals surface area contributed by atoms with Crippen LogP contribution in [0.5, 0.6) is 0 Å². The monoisotopic (exact) mass is 235 g/mol. The van der Waals surface area contributed by atoms with Gasteiger partial charge in [-0.1, -0.05) is 30.3 Å². The largest absolute Gasteiger partial charge is 0.465 e. The summed E-state index contributed by atoms with van der Waals surface area (Å²) in [5.41, 5.74) is 1.15. The second kappa shape index (κ2) is 5.19. The van der Waals surface area contributed by atoms with Crippen LogP contribution < -0.4 is 0 Å². The molecular weight excluding hydrogens is 218 g/mol. The molecule has 0 bridgehead atoms. The summed E-state index contributed by atoms with van der Waals surface area (Å²) in [6.07, 6.45) is 0.642. The van der Waals surface area contributed by atoms with Gasteiger partial charge in [-0.25, -0.2) is 4.79 Å². The van der Waals surface area contributed by atoms with Crippen molar-refractivity contribution in [3.8, 4) is 0 Å². The molecule has 1 aliphatic heterocycles. The molecule has 4 heteroatoms. The Morgan fingerprint density at radius 2 is 2.18 bits per heavy atom. The van der Waals surface area contributed by atoms with Crippen LogP contribution in [-0.2, 0) is 11.2 Å². The first kappa shape index (κ1) is 11.9. The molecule has 4 nitrogen and oxygen atoms in total. The van der Waals surface area contributed by atoms with Gasteiger partial charge in [-0.2, -0.15) is 0 Å². The Morgan fingerprint density at radius 1 is 1.47 bits per heavy atom. The number of nitrogens with zero attached hydrogens (tertiary/aromatic N) is 1. The molecule has 0 aromatic heterocycles. The highest BCUT2D eigenvalue weighted by atomic mass is 16.5. The van der Waals surface area contributed by atoms with Gasteiger partial charge in [0.25, 0.3) is 0 Å². The van der Waals surface area contributed by atoms with E-state index in [1.165, 1.54) is 4.90 Å². The van der Waals surface area contributed by atoms with Gasteiger partial charge in [0.1, 0.15) is 0 Å². The smallest absolute Gasteiger partial charge is 0.407 e. The van der Waals surface area contributed by atoms with E-state index in [1.807, 2.05) is 30.3 Å². The molecule has 2 rings (SSSR count). The molecule has 0 radical (unpaired) electrons. The summed E-state index contributed by atoms with van der Waals surface area (Å²) in [5.74, 6) is 0. The highest BCUT2D eigenvalue weighted by molar-refractivity contribution is 5.66. The Labute approximate surface area is 101 Å². The minimum absolute atomic E-state index is 0.00584. The number of hydrogen-bond acceptors (Lipinski definition) is 2. The predicted molar refractivity (Wildman–Crippen MR) is 64.1 cm³/mol. The van der Waals surface area contributed by atoms with Crippen molar-refractivity contribution in [1.82, 2.24) is 4.90 Å². The lowest BCUT2D eigenvalue weighted by atomic mass is 10.0. The summed E-state index contributed by atoms with van der Waals surface area (Å²) >= 11 is 0. The first-order chi connectivity index (χ1) is 8.22. The second-order valence-electron chi connectivity index (χ2n) is 4.30. The first-order valence-corrected chi connectivity index (χ1v) is 5.78. The summed E-state index contributed by atoms with van der Waals surface area (Å²) < 4.78 is 5.37. The van der Waals surface area contributed by atoms with Gasteiger partial charge < -0.3 is 14.7 Å². The van der Waals surface area contributed by atoms with Crippen molar-refractivity contribution in [1.29, 1.82) is 0 Å². The second-order valence-corrected chi connectivity index (χ2v) is 4.30. The quantitative estimate of drug-likeness (QED) is 0.871. The number of carboxylic acid groups (broad SMARTS) is 1. The highest BCUT2D eigenvalue weighted by Crippen LogP contribution is 2.23. The summed E-state index contributed by atoms with van der Waals surface area (Å²) in [6.45, 7) is 0.561. The number of methoxy groups -OCH3 is 1. The molecule has 1 aliphatic rings. The van der Waals surface area contributed by atoms with Gasteiger partial charge in [-0.3, -0.25) is 0 Å². The molecule has 1 aromatic rings. The third kappa shape index (κ3) is 2.58. The van der Waals surface area contributed by atoms with Crippen LogP contribution in [0.4, 0.5) is 4.79 Å². The number of likely N-dealkylation sites (tertiary alicyclic amines) is 1. The Balaban J connectivity index is 2.12. The van der Waals surface area contributed by atoms with E-state index in [0.717, 1.165) is 12.0 Å². The topological polar surface area (TPSA) is 49.8 Å². The third-order valence-corrected chi connectivity index (χ3v) is 3.32. The van der Waals surface area contributed by atoms with Gasteiger partial charge >= 0.3 is 6.09 Å². The van der Waals surface area contributed by atoms with Crippen LogP contribution in [0.1, 0.15) is 12.0 Å². The van der Waals surface area contributed by atoms with Gasteiger partial charge in [0.15, 0.2) is 0 Å². The zero-order valence-electron chi connectivity index (χ0n) is 9.87. The summed E-state index contributed by atoms with van der Waals surface area (Å²) in [4.78, 5) is 12.6. The fourth-order valence-corrected chi connectivity index (χ4v) is 2.43. The van der Waals surface area contributed by atoms with Crippen LogP contribution in [0.15, 0.2) is 30.3 Å². The number of amides is 1. The molecule has 1 saturated heterocycles. The van der Waals surface area contributed by atoms with E-state index in [-0.39, 0.29) is 12.1 Å². The molecule has 0 unspecified atom stereocenters. The number of benzene rings is 1. The molecule has 0 aliphatic carbocycles. The lowest BCUT2D eigenvalue weighted by molar-refractivity contribution is 0.0638. The molecule has 0 spiro atoms. The Hall–Kier alpha value is -1.55. The van der Waals surface area contributed by atoms with Crippen molar-refractivity contribution in [2.24, 2.45) is 0 Å². The van der Waals surface area contributed by atoms with E-state index >= 15 is 0 Å². The zero-order chi connectivity index (χ0) is 12.3. The molecular formula is C13H17NO3. The fourth-order valence-electron chi connectivity index (χ4n) is 2.43. The van der Waals surface area contributed by atoms with E-state index < -0.39 is 6.09 Å². The van der Waals surface area contributed by atoms with Crippen molar-refractivity contribution in [3.05, 3.63) is 35.9 Å². The molecule has 17 heavy (non-hydrogen) atoms. The molecule has 1 fully saturated rings. The van der Waals surface area contributed by atoms with Gasteiger partial charge in [0.05, 0.1) is 12.1 Å². The normalized spacial score (nSPS) is 23.9. The minimum Gasteiger partial charge on any atom is -0.465 e. The van der Waals surface area contributed by atoms with Crippen LogP contribution in [-0.4, -0.2) is 41.9 Å². The molecule has 1 amide bonds. The summed E-state index contributed by atoms with van der Waals surface area (Å²) in [7, 11) is 1.65. The maximum Gasteiger partial charge on any atom is 0.407 e. The van der Waals surface area contributed by atoms with Crippen LogP contribution in [0.2, 0.25) is 0 Å². The van der Waals surface area contributed by atoms with E-state index in [9.17, 15) is 4.79 Å². The van der Waals surface area contributed by atoms with Crippen molar-refractivity contribution in [2.75, 3.05) is 13.7 Å². The van der Waals surface area contributed by atoms with Crippen LogP contribution in [0.3, 0.4) is 0 Å². The van der Waals surface area contributed by atoms with Crippen molar-refractivity contribution >= 4 is 6.09 Å². The lowest BCUT2D eigenvalue weighted by Gasteiger charge is -2.25. The number of ether oxygens (including phenoxy) is 1. The first-order valence-electron chi connectivity index (χ1n) is 5.78. The molecule has 92 valence electrons. The van der Waals surface area contributed by atoms with Crippen molar-refractivity contribution in [2.45, 2.75) is 25.0 Å².